The summed E-state index contributed by atoms with van der Waals surface area (Å²) in [4.78, 5) is 8.21. The summed E-state index contributed by atoms with van der Waals surface area (Å²) >= 11 is 5.93. The number of alkyl halides is 2. The minimum atomic E-state index is -2.63. The second-order valence-electron chi connectivity index (χ2n) is 7.46. The first-order valence-corrected chi connectivity index (χ1v) is 9.58. The molecule has 6 nitrogen and oxygen atoms in total. The van der Waals surface area contributed by atoms with E-state index in [0.717, 1.165) is 31.5 Å². The number of nitrogens with two attached hydrogens (primary N) is 1. The van der Waals surface area contributed by atoms with Crippen LogP contribution in [0.25, 0.3) is 0 Å². The van der Waals surface area contributed by atoms with Crippen molar-refractivity contribution in [3.63, 3.8) is 0 Å². The van der Waals surface area contributed by atoms with Gasteiger partial charge in [0.15, 0.2) is 0 Å². The SMILES string of the molecule is Nc1nc(N2CCC(N3CC(F)(F)CC3Cc3ccc(Cl)cc3)CC2)n[nH]1. The van der Waals surface area contributed by atoms with E-state index < -0.39 is 5.92 Å². The topological polar surface area (TPSA) is 74.1 Å². The molecule has 2 aliphatic rings. The van der Waals surface area contributed by atoms with Gasteiger partial charge in [0.05, 0.1) is 6.54 Å². The molecule has 0 radical (unpaired) electrons. The van der Waals surface area contributed by atoms with Gasteiger partial charge in [-0.25, -0.2) is 13.9 Å². The molecule has 0 aliphatic carbocycles. The number of benzene rings is 1. The van der Waals surface area contributed by atoms with Gasteiger partial charge < -0.3 is 10.6 Å². The summed E-state index contributed by atoms with van der Waals surface area (Å²) < 4.78 is 28.4. The fourth-order valence-corrected chi connectivity index (χ4v) is 4.36. The highest BCUT2D eigenvalue weighted by molar-refractivity contribution is 6.30. The summed E-state index contributed by atoms with van der Waals surface area (Å²) in [5.74, 6) is -1.77. The molecule has 1 aromatic heterocycles. The van der Waals surface area contributed by atoms with Crippen molar-refractivity contribution in [2.75, 3.05) is 30.3 Å². The number of nitrogen functional groups attached to an aromatic ring is 1. The van der Waals surface area contributed by atoms with Gasteiger partial charge in [0.25, 0.3) is 5.92 Å². The molecule has 146 valence electrons. The number of H-pyrrole nitrogens is 1. The Bertz CT molecular complexity index is 772. The Hall–Kier alpha value is -1.93. The second kappa shape index (κ2) is 7.24. The zero-order valence-electron chi connectivity index (χ0n) is 14.9. The van der Waals surface area contributed by atoms with Crippen LogP contribution >= 0.6 is 11.6 Å². The van der Waals surface area contributed by atoms with Crippen molar-refractivity contribution in [1.82, 2.24) is 20.1 Å². The number of piperidine rings is 1. The normalized spacial score (nSPS) is 23.8. The monoisotopic (exact) mass is 396 g/mol. The molecular formula is C18H23ClF2N6. The van der Waals surface area contributed by atoms with Crippen molar-refractivity contribution < 1.29 is 8.78 Å². The fraction of sp³-hybridized carbons (Fsp3) is 0.556. The van der Waals surface area contributed by atoms with Crippen LogP contribution in [0.15, 0.2) is 24.3 Å². The number of aromatic nitrogens is 3. The number of nitrogens with one attached hydrogen (secondary N) is 1. The molecule has 4 rings (SSSR count). The van der Waals surface area contributed by atoms with E-state index in [2.05, 4.69) is 15.2 Å². The van der Waals surface area contributed by atoms with E-state index in [1.165, 1.54) is 0 Å². The average molecular weight is 397 g/mol. The van der Waals surface area contributed by atoms with Gasteiger partial charge in [-0.15, -0.1) is 5.10 Å². The first-order valence-electron chi connectivity index (χ1n) is 9.20. The standard InChI is InChI=1S/C18H23ClF2N6/c19-13-3-1-12(2-4-13)9-15-10-18(20,21)11-27(15)14-5-7-26(8-6-14)17-23-16(22)24-25-17/h1-4,14-15H,5-11H2,(H3,22,23,24,25). The molecule has 3 N–H and O–H groups in total. The zero-order chi connectivity index (χ0) is 19.0. The van der Waals surface area contributed by atoms with Gasteiger partial charge in [-0.3, -0.25) is 4.90 Å². The number of aromatic amines is 1. The van der Waals surface area contributed by atoms with Gasteiger partial charge in [0.1, 0.15) is 0 Å². The molecule has 3 heterocycles. The van der Waals surface area contributed by atoms with Crippen LogP contribution in [0.1, 0.15) is 24.8 Å². The van der Waals surface area contributed by atoms with E-state index in [-0.39, 0.29) is 31.0 Å². The molecule has 0 saturated carbocycles. The maximum Gasteiger partial charge on any atom is 0.262 e. The predicted octanol–water partition coefficient (Wildman–Crippen LogP) is 2.96. The summed E-state index contributed by atoms with van der Waals surface area (Å²) in [7, 11) is 0. The predicted molar refractivity (Wildman–Crippen MR) is 101 cm³/mol. The lowest BCUT2D eigenvalue weighted by Crippen LogP contribution is -2.48. The largest absolute Gasteiger partial charge is 0.368 e. The van der Waals surface area contributed by atoms with Gasteiger partial charge in [0.2, 0.25) is 11.9 Å². The maximum absolute atomic E-state index is 14.2. The Kier molecular flexibility index (Phi) is 4.94. The summed E-state index contributed by atoms with van der Waals surface area (Å²) in [5, 5.41) is 7.38. The third-order valence-electron chi connectivity index (χ3n) is 5.51. The number of anilines is 2. The van der Waals surface area contributed by atoms with E-state index in [1.54, 1.807) is 0 Å². The van der Waals surface area contributed by atoms with Crippen LogP contribution in [0.3, 0.4) is 0 Å². The van der Waals surface area contributed by atoms with E-state index in [1.807, 2.05) is 34.1 Å². The van der Waals surface area contributed by atoms with Crippen molar-refractivity contribution >= 4 is 23.5 Å². The Balaban J connectivity index is 1.42. The van der Waals surface area contributed by atoms with Crippen LogP contribution in [-0.4, -0.2) is 57.7 Å². The molecule has 2 aliphatic heterocycles. The van der Waals surface area contributed by atoms with E-state index >= 15 is 0 Å². The van der Waals surface area contributed by atoms with E-state index in [9.17, 15) is 8.78 Å². The number of rotatable bonds is 4. The molecule has 0 bridgehead atoms. The van der Waals surface area contributed by atoms with Crippen LogP contribution < -0.4 is 10.6 Å². The first-order chi connectivity index (χ1) is 12.9. The molecule has 27 heavy (non-hydrogen) atoms. The van der Waals surface area contributed by atoms with Crippen molar-refractivity contribution in [2.45, 2.75) is 43.7 Å². The highest BCUT2D eigenvalue weighted by Crippen LogP contribution is 2.37. The van der Waals surface area contributed by atoms with Gasteiger partial charge in [0, 0.05) is 36.6 Å². The third kappa shape index (κ3) is 4.16. The first kappa shape index (κ1) is 18.4. The lowest BCUT2D eigenvalue weighted by Gasteiger charge is -2.38. The van der Waals surface area contributed by atoms with Gasteiger partial charge >= 0.3 is 0 Å². The van der Waals surface area contributed by atoms with E-state index in [0.29, 0.717) is 17.4 Å². The molecule has 1 aromatic carbocycles. The van der Waals surface area contributed by atoms with E-state index in [4.69, 9.17) is 17.3 Å². The highest BCUT2D eigenvalue weighted by atomic mass is 35.5. The molecule has 0 spiro atoms. The molecular weight excluding hydrogens is 374 g/mol. The van der Waals surface area contributed by atoms with Gasteiger partial charge in [-0.1, -0.05) is 23.7 Å². The lowest BCUT2D eigenvalue weighted by atomic mass is 9.99. The van der Waals surface area contributed by atoms with Crippen molar-refractivity contribution in [2.24, 2.45) is 0 Å². The number of halogens is 3. The number of likely N-dealkylation sites (tertiary alicyclic amines) is 1. The maximum atomic E-state index is 14.2. The fourth-order valence-electron chi connectivity index (χ4n) is 4.24. The number of hydrogen-bond acceptors (Lipinski definition) is 5. The number of hydrogen-bond donors (Lipinski definition) is 2. The van der Waals surface area contributed by atoms with Crippen LogP contribution in [0.2, 0.25) is 5.02 Å². The third-order valence-corrected chi connectivity index (χ3v) is 5.76. The molecule has 1 atom stereocenters. The van der Waals surface area contributed by atoms with Crippen molar-refractivity contribution in [3.05, 3.63) is 34.9 Å². The molecule has 2 fully saturated rings. The zero-order valence-corrected chi connectivity index (χ0v) is 15.7. The van der Waals surface area contributed by atoms with Crippen LogP contribution in [0, 0.1) is 0 Å². The summed E-state index contributed by atoms with van der Waals surface area (Å²) in [5.41, 5.74) is 6.63. The van der Waals surface area contributed by atoms with Crippen LogP contribution in [0.4, 0.5) is 20.7 Å². The molecule has 2 saturated heterocycles. The molecule has 1 unspecified atom stereocenters. The quantitative estimate of drug-likeness (QED) is 0.831. The van der Waals surface area contributed by atoms with Crippen LogP contribution in [-0.2, 0) is 6.42 Å². The Morgan fingerprint density at radius 3 is 2.56 bits per heavy atom. The second-order valence-corrected chi connectivity index (χ2v) is 7.89. The average Bonchev–Trinajstić information content (AvgIpc) is 3.20. The Labute approximate surface area is 161 Å². The Morgan fingerprint density at radius 2 is 1.93 bits per heavy atom. The van der Waals surface area contributed by atoms with Crippen molar-refractivity contribution in [1.29, 1.82) is 0 Å². The molecule has 0 amide bonds. The smallest absolute Gasteiger partial charge is 0.262 e. The molecule has 2 aromatic rings. The highest BCUT2D eigenvalue weighted by Gasteiger charge is 2.47. The minimum absolute atomic E-state index is 0.0900. The molecule has 9 heteroatoms. The van der Waals surface area contributed by atoms with Crippen molar-refractivity contribution in [3.8, 4) is 0 Å². The summed E-state index contributed by atoms with van der Waals surface area (Å²) in [6.07, 6.45) is 2.14. The summed E-state index contributed by atoms with van der Waals surface area (Å²) in [6.45, 7) is 1.30. The number of nitrogens with zero attached hydrogens (tertiary/aromatic N) is 4. The van der Waals surface area contributed by atoms with Gasteiger partial charge in [-0.05, 0) is 37.0 Å². The lowest BCUT2D eigenvalue weighted by molar-refractivity contribution is 0.00626. The van der Waals surface area contributed by atoms with Gasteiger partial charge in [-0.2, -0.15) is 4.98 Å². The minimum Gasteiger partial charge on any atom is -0.368 e. The summed E-state index contributed by atoms with van der Waals surface area (Å²) in [6, 6.07) is 7.46. The van der Waals surface area contributed by atoms with Crippen LogP contribution in [0.5, 0.6) is 0 Å². The Morgan fingerprint density at radius 1 is 1.22 bits per heavy atom.